The number of benzene rings is 1. The number of hydrogen-bond donors (Lipinski definition) is 1. The third kappa shape index (κ3) is 6.58. The van der Waals surface area contributed by atoms with Gasteiger partial charge in [-0.25, -0.2) is 9.18 Å². The molecule has 2 aliphatic rings. The molecule has 30 heavy (non-hydrogen) atoms. The number of rotatable bonds is 9. The molecule has 166 valence electrons. The van der Waals surface area contributed by atoms with Crippen LogP contribution in [0.2, 0.25) is 0 Å². The number of nitrogens with zero attached hydrogens (tertiary/aromatic N) is 1. The van der Waals surface area contributed by atoms with Gasteiger partial charge in [-0.3, -0.25) is 4.79 Å². The number of hydrogen-bond acceptors (Lipinski definition) is 7. The Labute approximate surface area is 176 Å². The zero-order valence-corrected chi connectivity index (χ0v) is 17.7. The van der Waals surface area contributed by atoms with Crippen molar-refractivity contribution in [3.63, 3.8) is 0 Å². The maximum absolute atomic E-state index is 13.9. The molecule has 2 fully saturated rings. The Balaban J connectivity index is 1.74. The monoisotopic (exact) mass is 422 g/mol. The van der Waals surface area contributed by atoms with Crippen molar-refractivity contribution in [1.29, 1.82) is 0 Å². The molecule has 1 atom stereocenters. The van der Waals surface area contributed by atoms with Crippen molar-refractivity contribution in [2.24, 2.45) is 11.8 Å². The van der Waals surface area contributed by atoms with E-state index in [0.29, 0.717) is 22.5 Å². The van der Waals surface area contributed by atoms with Crippen molar-refractivity contribution in [1.82, 2.24) is 5.06 Å². The minimum absolute atomic E-state index is 0.0495. The summed E-state index contributed by atoms with van der Waals surface area (Å²) in [7, 11) is 0. The van der Waals surface area contributed by atoms with E-state index in [1.807, 2.05) is 0 Å². The maximum atomic E-state index is 13.9. The van der Waals surface area contributed by atoms with Gasteiger partial charge in [-0.1, -0.05) is 17.2 Å². The minimum atomic E-state index is -1.20. The van der Waals surface area contributed by atoms with Gasteiger partial charge in [0.25, 0.3) is 0 Å². The van der Waals surface area contributed by atoms with Crippen molar-refractivity contribution in [2.75, 3.05) is 6.80 Å². The Morgan fingerprint density at radius 3 is 2.17 bits per heavy atom. The van der Waals surface area contributed by atoms with E-state index >= 15 is 0 Å². The van der Waals surface area contributed by atoms with E-state index in [1.54, 1.807) is 32.9 Å². The summed E-state index contributed by atoms with van der Waals surface area (Å²) in [4.78, 5) is 30.2. The van der Waals surface area contributed by atoms with E-state index in [2.05, 4.69) is 0 Å². The van der Waals surface area contributed by atoms with Gasteiger partial charge < -0.3 is 19.4 Å². The van der Waals surface area contributed by atoms with E-state index in [9.17, 15) is 19.1 Å². The molecular formula is C22H30FNO6. The van der Waals surface area contributed by atoms with E-state index in [1.165, 1.54) is 12.1 Å². The number of halogens is 1. The average Bonchev–Trinajstić information content (AvgIpc) is 3.55. The highest BCUT2D eigenvalue weighted by Gasteiger charge is 2.45. The molecule has 0 bridgehead atoms. The first kappa shape index (κ1) is 22.3. The predicted octanol–water partition coefficient (Wildman–Crippen LogP) is 4.13. The first-order valence-corrected chi connectivity index (χ1v) is 10.4. The number of carbonyl (C=O) groups is 2. The largest absolute Gasteiger partial charge is 0.528 e. The zero-order chi connectivity index (χ0) is 21.9. The molecule has 0 aliphatic heterocycles. The Morgan fingerprint density at radius 2 is 1.70 bits per heavy atom. The molecule has 2 saturated carbocycles. The van der Waals surface area contributed by atoms with Crippen LogP contribution in [0.5, 0.6) is 5.75 Å². The fourth-order valence-electron chi connectivity index (χ4n) is 3.33. The fourth-order valence-corrected chi connectivity index (χ4v) is 3.33. The van der Waals surface area contributed by atoms with Crippen LogP contribution in [0.3, 0.4) is 0 Å². The first-order chi connectivity index (χ1) is 14.2. The summed E-state index contributed by atoms with van der Waals surface area (Å²) in [5.41, 5.74) is -0.162. The van der Waals surface area contributed by atoms with E-state index in [0.717, 1.165) is 25.7 Å². The van der Waals surface area contributed by atoms with Gasteiger partial charge in [0.15, 0.2) is 12.8 Å². The highest BCUT2D eigenvalue weighted by molar-refractivity contribution is 5.76. The van der Waals surface area contributed by atoms with Crippen LogP contribution in [0.4, 0.5) is 9.18 Å². The van der Waals surface area contributed by atoms with Crippen LogP contribution in [-0.2, 0) is 25.5 Å². The fraction of sp³-hybridized carbons (Fsp3) is 0.636. The first-order valence-electron chi connectivity index (χ1n) is 10.4. The van der Waals surface area contributed by atoms with Crippen LogP contribution in [0.1, 0.15) is 52.0 Å². The molecule has 0 aromatic heterocycles. The third-order valence-electron chi connectivity index (χ3n) is 5.11. The van der Waals surface area contributed by atoms with Gasteiger partial charge in [-0.2, -0.15) is 0 Å². The predicted molar refractivity (Wildman–Crippen MR) is 106 cm³/mol. The van der Waals surface area contributed by atoms with Crippen LogP contribution in [0.25, 0.3) is 0 Å². The van der Waals surface area contributed by atoms with Gasteiger partial charge >= 0.3 is 12.1 Å². The Kier molecular flexibility index (Phi) is 6.85. The average molecular weight is 422 g/mol. The molecule has 1 aromatic rings. The van der Waals surface area contributed by atoms with Crippen LogP contribution in [-0.4, -0.2) is 46.8 Å². The number of phenolic OH excluding ortho intramolecular Hbond substituents is 1. The lowest BCUT2D eigenvalue weighted by Gasteiger charge is -2.29. The summed E-state index contributed by atoms with van der Waals surface area (Å²) in [5.74, 6) is 0.170. The molecule has 1 N–H and O–H groups in total. The van der Waals surface area contributed by atoms with Crippen molar-refractivity contribution in [3.05, 3.63) is 29.8 Å². The van der Waals surface area contributed by atoms with Crippen molar-refractivity contribution in [3.8, 4) is 5.75 Å². The highest BCUT2D eigenvalue weighted by Crippen LogP contribution is 2.46. The van der Waals surface area contributed by atoms with E-state index in [-0.39, 0.29) is 18.3 Å². The second kappa shape index (κ2) is 9.20. The molecule has 2 aliphatic carbocycles. The summed E-state index contributed by atoms with van der Waals surface area (Å²) >= 11 is 0. The standard InChI is InChI=1S/C22H30FNO6/c1-22(2,3)29-21(27)30-24(13-23)18(12-14-4-10-17(25)11-5-14)20(26)28-19(15-6-7-15)16-8-9-16/h4-5,10-11,15-16,18-19,25H,6-9,12-13H2,1-3H3/t18-/m1/s1/i23-1. The third-order valence-corrected chi connectivity index (χ3v) is 5.11. The van der Waals surface area contributed by atoms with E-state index in [4.69, 9.17) is 14.3 Å². The van der Waals surface area contributed by atoms with Gasteiger partial charge in [0, 0.05) is 6.42 Å². The summed E-state index contributed by atoms with van der Waals surface area (Å²) in [5, 5.41) is 10.2. The van der Waals surface area contributed by atoms with Crippen LogP contribution in [0.15, 0.2) is 24.3 Å². The van der Waals surface area contributed by atoms with Gasteiger partial charge in [-0.15, -0.1) is 0 Å². The molecule has 8 heteroatoms. The molecular weight excluding hydrogens is 392 g/mol. The molecule has 0 radical (unpaired) electrons. The molecule has 0 saturated heterocycles. The highest BCUT2D eigenvalue weighted by atomic mass is 18.2. The van der Waals surface area contributed by atoms with Crippen LogP contribution < -0.4 is 0 Å². The molecule has 3 rings (SSSR count). The lowest BCUT2D eigenvalue weighted by Crippen LogP contribution is -2.46. The second-order valence-corrected chi connectivity index (χ2v) is 9.06. The molecule has 7 nitrogen and oxygen atoms in total. The lowest BCUT2D eigenvalue weighted by atomic mass is 10.1. The van der Waals surface area contributed by atoms with Crippen molar-refractivity contribution in [2.45, 2.75) is 70.6 Å². The van der Waals surface area contributed by atoms with Gasteiger partial charge in [0.05, 0.1) is 0 Å². The van der Waals surface area contributed by atoms with Crippen molar-refractivity contribution >= 4 is 12.1 Å². The number of esters is 1. The quantitative estimate of drug-likeness (QED) is 0.364. The number of ether oxygens (including phenoxy) is 2. The summed E-state index contributed by atoms with van der Waals surface area (Å²) in [6.07, 6.45) is 2.90. The van der Waals surface area contributed by atoms with E-state index < -0.39 is 30.6 Å². The number of phenols is 1. The lowest BCUT2D eigenvalue weighted by molar-refractivity contribution is -0.202. The molecule has 0 amide bonds. The number of aromatic hydroxyl groups is 1. The maximum Gasteiger partial charge on any atom is 0.528 e. The van der Waals surface area contributed by atoms with Crippen LogP contribution >= 0.6 is 0 Å². The molecule has 0 heterocycles. The van der Waals surface area contributed by atoms with Crippen molar-refractivity contribution < 1.29 is 33.4 Å². The zero-order valence-electron chi connectivity index (χ0n) is 17.7. The normalized spacial score (nSPS) is 17.7. The smallest absolute Gasteiger partial charge is 0.508 e. The summed E-state index contributed by atoms with van der Waals surface area (Å²) in [6, 6.07) is 5.02. The molecule has 0 unspecified atom stereocenters. The number of carbonyl (C=O) groups excluding carboxylic acids is 2. The Bertz CT molecular complexity index is 727. The minimum Gasteiger partial charge on any atom is -0.508 e. The SMILES string of the molecule is CC(C)(C)OC(=O)ON(C[18F])[C@H](Cc1ccc(O)cc1)C(=O)OC(C1CC1)C1CC1. The Morgan fingerprint density at radius 1 is 1.13 bits per heavy atom. The summed E-state index contributed by atoms with van der Waals surface area (Å²) in [6.45, 7) is 3.78. The second-order valence-electron chi connectivity index (χ2n) is 9.06. The Hall–Kier alpha value is -2.35. The topological polar surface area (TPSA) is 85.3 Å². The van der Waals surface area contributed by atoms with Crippen LogP contribution in [0, 0.1) is 11.8 Å². The van der Waals surface area contributed by atoms with Gasteiger partial charge in [0.2, 0.25) is 0 Å². The number of hydroxylamine groups is 2. The van der Waals surface area contributed by atoms with Gasteiger partial charge in [0.1, 0.15) is 17.5 Å². The van der Waals surface area contributed by atoms with Gasteiger partial charge in [-0.05, 0) is 76.0 Å². The summed E-state index contributed by atoms with van der Waals surface area (Å²) < 4.78 is 24.7. The number of alkyl halides is 1. The molecule has 1 aromatic carbocycles. The molecule has 0 spiro atoms.